The molecule has 0 aliphatic heterocycles. The number of pyridine rings is 1. The third kappa shape index (κ3) is 3.82. The number of amides is 1. The van der Waals surface area contributed by atoms with E-state index >= 15 is 0 Å². The maximum Gasteiger partial charge on any atom is 0.224 e. The highest BCUT2D eigenvalue weighted by Crippen LogP contribution is 2.14. The van der Waals surface area contributed by atoms with Gasteiger partial charge in [-0.3, -0.25) is 9.78 Å². The van der Waals surface area contributed by atoms with Gasteiger partial charge in [-0.25, -0.2) is 0 Å². The molecule has 1 unspecified atom stereocenters. The van der Waals surface area contributed by atoms with Gasteiger partial charge in [0.15, 0.2) is 0 Å². The molecule has 0 bridgehead atoms. The largest absolute Gasteiger partial charge is 0.349 e. The summed E-state index contributed by atoms with van der Waals surface area (Å²) in [5, 5.41) is 3.00. The minimum absolute atomic E-state index is 0.0142. The monoisotopic (exact) mass is 235 g/mol. The Labute approximate surface area is 103 Å². The van der Waals surface area contributed by atoms with E-state index in [1.807, 2.05) is 19.1 Å². The van der Waals surface area contributed by atoms with Crippen LogP contribution in [0.4, 0.5) is 0 Å². The van der Waals surface area contributed by atoms with E-state index in [9.17, 15) is 4.79 Å². The minimum Gasteiger partial charge on any atom is -0.349 e. The molecule has 1 amide bonds. The van der Waals surface area contributed by atoms with E-state index in [0.29, 0.717) is 18.9 Å². The van der Waals surface area contributed by atoms with Gasteiger partial charge in [-0.05, 0) is 24.5 Å². The Morgan fingerprint density at radius 2 is 2.29 bits per heavy atom. The van der Waals surface area contributed by atoms with Crippen LogP contribution in [-0.2, 0) is 11.2 Å². The van der Waals surface area contributed by atoms with Crippen molar-refractivity contribution in [2.45, 2.75) is 32.7 Å². The van der Waals surface area contributed by atoms with E-state index in [4.69, 9.17) is 5.73 Å². The normalized spacial score (nSPS) is 14.4. The number of carbonyl (C=O) groups is 1. The van der Waals surface area contributed by atoms with E-state index in [2.05, 4.69) is 24.1 Å². The van der Waals surface area contributed by atoms with E-state index in [-0.39, 0.29) is 11.4 Å². The van der Waals surface area contributed by atoms with Crippen molar-refractivity contribution in [1.82, 2.24) is 10.3 Å². The second-order valence-electron chi connectivity index (χ2n) is 4.86. The van der Waals surface area contributed by atoms with Crippen molar-refractivity contribution in [3.8, 4) is 0 Å². The summed E-state index contributed by atoms with van der Waals surface area (Å²) in [4.78, 5) is 15.9. The molecule has 0 saturated carbocycles. The van der Waals surface area contributed by atoms with Gasteiger partial charge in [0.2, 0.25) is 5.91 Å². The van der Waals surface area contributed by atoms with Crippen molar-refractivity contribution in [3.05, 3.63) is 30.1 Å². The molecule has 4 nitrogen and oxygen atoms in total. The molecule has 0 radical (unpaired) electrons. The Kier molecular flexibility index (Phi) is 4.63. The molecular formula is C13H21N3O. The van der Waals surface area contributed by atoms with Gasteiger partial charge in [-0.1, -0.05) is 19.9 Å². The summed E-state index contributed by atoms with van der Waals surface area (Å²) in [6, 6.07) is 3.72. The number of carbonyl (C=O) groups excluding carboxylic acids is 1. The highest BCUT2D eigenvalue weighted by atomic mass is 16.1. The average molecular weight is 235 g/mol. The second-order valence-corrected chi connectivity index (χ2v) is 4.86. The zero-order valence-electron chi connectivity index (χ0n) is 10.7. The van der Waals surface area contributed by atoms with Gasteiger partial charge in [0.1, 0.15) is 0 Å². The minimum atomic E-state index is -0.348. The molecule has 1 rings (SSSR count). The number of nitrogens with zero attached hydrogens (tertiary/aromatic N) is 1. The fourth-order valence-corrected chi connectivity index (χ4v) is 1.48. The van der Waals surface area contributed by atoms with Crippen LogP contribution in [0.3, 0.4) is 0 Å². The van der Waals surface area contributed by atoms with Gasteiger partial charge in [-0.15, -0.1) is 0 Å². The average Bonchev–Trinajstić information content (AvgIpc) is 2.29. The molecule has 0 aliphatic rings. The summed E-state index contributed by atoms with van der Waals surface area (Å²) in [6.07, 6.45) is 3.74. The molecule has 4 heteroatoms. The molecule has 94 valence electrons. The summed E-state index contributed by atoms with van der Waals surface area (Å²) >= 11 is 0. The Morgan fingerprint density at radius 3 is 2.76 bits per heavy atom. The van der Waals surface area contributed by atoms with E-state index < -0.39 is 0 Å². The SMILES string of the molecule is CC(C)C(C)(CN)NC(=O)Cc1cccnc1. The molecule has 1 aromatic heterocycles. The summed E-state index contributed by atoms with van der Waals surface area (Å²) < 4.78 is 0. The first-order valence-electron chi connectivity index (χ1n) is 5.88. The summed E-state index contributed by atoms with van der Waals surface area (Å²) in [5.41, 5.74) is 6.28. The highest BCUT2D eigenvalue weighted by molar-refractivity contribution is 5.79. The quantitative estimate of drug-likeness (QED) is 0.803. The Morgan fingerprint density at radius 1 is 1.59 bits per heavy atom. The lowest BCUT2D eigenvalue weighted by Crippen LogP contribution is -2.55. The van der Waals surface area contributed by atoms with Gasteiger partial charge in [0.25, 0.3) is 0 Å². The van der Waals surface area contributed by atoms with Crippen LogP contribution in [0.5, 0.6) is 0 Å². The Balaban J connectivity index is 2.61. The molecule has 0 saturated heterocycles. The number of hydrogen-bond donors (Lipinski definition) is 2. The van der Waals surface area contributed by atoms with E-state index in [0.717, 1.165) is 5.56 Å². The van der Waals surface area contributed by atoms with Crippen LogP contribution >= 0.6 is 0 Å². The van der Waals surface area contributed by atoms with Gasteiger partial charge < -0.3 is 11.1 Å². The highest BCUT2D eigenvalue weighted by Gasteiger charge is 2.28. The van der Waals surface area contributed by atoms with Crippen LogP contribution in [-0.4, -0.2) is 23.0 Å². The first-order valence-corrected chi connectivity index (χ1v) is 5.88. The van der Waals surface area contributed by atoms with Crippen LogP contribution in [0.15, 0.2) is 24.5 Å². The lowest BCUT2D eigenvalue weighted by atomic mass is 9.88. The van der Waals surface area contributed by atoms with Crippen LogP contribution < -0.4 is 11.1 Å². The number of nitrogens with two attached hydrogens (primary N) is 1. The molecule has 0 fully saturated rings. The zero-order chi connectivity index (χ0) is 12.9. The van der Waals surface area contributed by atoms with Crippen LogP contribution in [0.1, 0.15) is 26.3 Å². The van der Waals surface area contributed by atoms with Crippen molar-refractivity contribution in [2.75, 3.05) is 6.54 Å². The number of hydrogen-bond acceptors (Lipinski definition) is 3. The molecule has 1 heterocycles. The van der Waals surface area contributed by atoms with Crippen molar-refractivity contribution in [2.24, 2.45) is 11.7 Å². The first-order chi connectivity index (χ1) is 7.98. The smallest absolute Gasteiger partial charge is 0.224 e. The third-order valence-corrected chi connectivity index (χ3v) is 3.21. The number of nitrogens with one attached hydrogen (secondary N) is 1. The van der Waals surface area contributed by atoms with E-state index in [1.54, 1.807) is 12.4 Å². The topological polar surface area (TPSA) is 68.0 Å². The zero-order valence-corrected chi connectivity index (χ0v) is 10.7. The lowest BCUT2D eigenvalue weighted by Gasteiger charge is -2.33. The predicted molar refractivity (Wildman–Crippen MR) is 68.4 cm³/mol. The van der Waals surface area contributed by atoms with Gasteiger partial charge in [-0.2, -0.15) is 0 Å². The summed E-state index contributed by atoms with van der Waals surface area (Å²) in [7, 11) is 0. The maximum absolute atomic E-state index is 11.9. The van der Waals surface area contributed by atoms with Crippen molar-refractivity contribution in [3.63, 3.8) is 0 Å². The van der Waals surface area contributed by atoms with Crippen molar-refractivity contribution < 1.29 is 4.79 Å². The van der Waals surface area contributed by atoms with Gasteiger partial charge >= 0.3 is 0 Å². The third-order valence-electron chi connectivity index (χ3n) is 3.21. The Bertz CT molecular complexity index is 364. The Hall–Kier alpha value is -1.42. The van der Waals surface area contributed by atoms with E-state index in [1.165, 1.54) is 0 Å². The molecule has 0 spiro atoms. The number of aromatic nitrogens is 1. The second kappa shape index (κ2) is 5.77. The van der Waals surface area contributed by atoms with Crippen molar-refractivity contribution >= 4 is 5.91 Å². The van der Waals surface area contributed by atoms with Gasteiger partial charge in [0, 0.05) is 18.9 Å². The van der Waals surface area contributed by atoms with Crippen LogP contribution in [0, 0.1) is 5.92 Å². The van der Waals surface area contributed by atoms with Crippen LogP contribution in [0.2, 0.25) is 0 Å². The molecule has 1 atom stereocenters. The predicted octanol–water partition coefficient (Wildman–Crippen LogP) is 1.11. The molecule has 0 aliphatic carbocycles. The summed E-state index contributed by atoms with van der Waals surface area (Å²) in [5.74, 6) is 0.282. The lowest BCUT2D eigenvalue weighted by molar-refractivity contribution is -0.122. The van der Waals surface area contributed by atoms with Crippen LogP contribution in [0.25, 0.3) is 0 Å². The first kappa shape index (κ1) is 13.6. The summed E-state index contributed by atoms with van der Waals surface area (Å²) in [6.45, 7) is 6.51. The molecule has 0 aromatic carbocycles. The maximum atomic E-state index is 11.9. The molecule has 3 N–H and O–H groups in total. The number of rotatable bonds is 5. The standard InChI is InChI=1S/C13H21N3O/c1-10(2)13(3,9-14)16-12(17)7-11-5-4-6-15-8-11/h4-6,8,10H,7,9,14H2,1-3H3,(H,16,17). The molecular weight excluding hydrogens is 214 g/mol. The van der Waals surface area contributed by atoms with Gasteiger partial charge in [0.05, 0.1) is 12.0 Å². The fourth-order valence-electron chi connectivity index (χ4n) is 1.48. The van der Waals surface area contributed by atoms with Crippen molar-refractivity contribution in [1.29, 1.82) is 0 Å². The molecule has 1 aromatic rings. The molecule has 17 heavy (non-hydrogen) atoms. The fraction of sp³-hybridized carbons (Fsp3) is 0.538.